The van der Waals surface area contributed by atoms with Crippen LogP contribution in [0.3, 0.4) is 0 Å². The summed E-state index contributed by atoms with van der Waals surface area (Å²) in [5.74, 6) is 0. The van der Waals surface area contributed by atoms with Gasteiger partial charge in [-0.2, -0.15) is 13.2 Å². The van der Waals surface area contributed by atoms with Gasteiger partial charge < -0.3 is 5.11 Å². The highest BCUT2D eigenvalue weighted by Gasteiger charge is 2.32. The lowest BCUT2D eigenvalue weighted by atomic mass is 10.1. The predicted molar refractivity (Wildman–Crippen MR) is 52.6 cm³/mol. The van der Waals surface area contributed by atoms with Crippen LogP contribution in [0.4, 0.5) is 13.2 Å². The van der Waals surface area contributed by atoms with E-state index in [1.54, 1.807) is 0 Å². The van der Waals surface area contributed by atoms with Crippen LogP contribution < -0.4 is 0 Å². The summed E-state index contributed by atoms with van der Waals surface area (Å²) in [7, 11) is 0. The van der Waals surface area contributed by atoms with E-state index in [9.17, 15) is 13.2 Å². The van der Waals surface area contributed by atoms with Crippen LogP contribution in [0, 0.1) is 0 Å². The normalized spacial score (nSPS) is 12.3. The van der Waals surface area contributed by atoms with Crippen molar-refractivity contribution in [1.29, 1.82) is 0 Å². The van der Waals surface area contributed by atoms with Crippen molar-refractivity contribution < 1.29 is 18.3 Å². The van der Waals surface area contributed by atoms with Crippen LogP contribution in [0.15, 0.2) is 24.3 Å². The predicted octanol–water partition coefficient (Wildman–Crippen LogP) is 3.36. The zero-order chi connectivity index (χ0) is 11.5. The van der Waals surface area contributed by atoms with Gasteiger partial charge in [0.15, 0.2) is 0 Å². The average Bonchev–Trinajstić information content (AvgIpc) is 2.12. The monoisotopic (exact) mass is 236 g/mol. The number of halogens is 4. The molecule has 0 fully saturated rings. The van der Waals surface area contributed by atoms with Gasteiger partial charge in [-0.25, -0.2) is 0 Å². The van der Waals surface area contributed by atoms with Crippen LogP contribution in [0.2, 0.25) is 5.02 Å². The van der Waals surface area contributed by atoms with E-state index >= 15 is 0 Å². The second-order valence-corrected chi connectivity index (χ2v) is 3.23. The van der Waals surface area contributed by atoms with Gasteiger partial charge in [-0.3, -0.25) is 0 Å². The summed E-state index contributed by atoms with van der Waals surface area (Å²) in [5, 5.41) is 8.14. The van der Waals surface area contributed by atoms with Crippen molar-refractivity contribution in [2.45, 2.75) is 6.18 Å². The van der Waals surface area contributed by atoms with Crippen LogP contribution in [0.1, 0.15) is 11.1 Å². The molecule has 0 saturated carbocycles. The Bertz CT molecular complexity index is 371. The minimum Gasteiger partial charge on any atom is -0.392 e. The number of hydrogen-bond acceptors (Lipinski definition) is 1. The molecule has 0 aromatic heterocycles. The molecule has 0 atom stereocenters. The van der Waals surface area contributed by atoms with Gasteiger partial charge in [0.25, 0.3) is 0 Å². The first-order chi connectivity index (χ1) is 6.95. The van der Waals surface area contributed by atoms with E-state index in [0.29, 0.717) is 5.56 Å². The van der Waals surface area contributed by atoms with E-state index in [-0.39, 0.29) is 11.6 Å². The summed E-state index contributed by atoms with van der Waals surface area (Å²) in [6, 6.07) is 3.41. The molecule has 82 valence electrons. The van der Waals surface area contributed by atoms with Crippen LogP contribution in [-0.2, 0) is 6.18 Å². The maximum absolute atomic E-state index is 12.3. The smallest absolute Gasteiger partial charge is 0.392 e. The molecule has 1 aromatic rings. The quantitative estimate of drug-likeness (QED) is 0.835. The SMILES string of the molecule is OCC=Cc1ccc(C(F)(F)F)c(Cl)c1. The molecule has 0 amide bonds. The highest BCUT2D eigenvalue weighted by molar-refractivity contribution is 6.31. The zero-order valence-electron chi connectivity index (χ0n) is 7.55. The number of aliphatic hydroxyl groups excluding tert-OH is 1. The Kier molecular flexibility index (Phi) is 3.77. The first-order valence-electron chi connectivity index (χ1n) is 4.09. The summed E-state index contributed by atoms with van der Waals surface area (Å²) in [4.78, 5) is 0. The molecule has 0 spiro atoms. The number of hydrogen-bond donors (Lipinski definition) is 1. The second-order valence-electron chi connectivity index (χ2n) is 2.82. The first-order valence-corrected chi connectivity index (χ1v) is 4.47. The van der Waals surface area contributed by atoms with E-state index in [0.717, 1.165) is 6.07 Å². The van der Waals surface area contributed by atoms with Crippen LogP contribution >= 0.6 is 11.6 Å². The third kappa shape index (κ3) is 3.25. The molecule has 5 heteroatoms. The Balaban J connectivity index is 3.04. The molecule has 1 nitrogen and oxygen atoms in total. The summed E-state index contributed by atoms with van der Waals surface area (Å²) in [5.41, 5.74) is -0.340. The van der Waals surface area contributed by atoms with Gasteiger partial charge in [0.05, 0.1) is 17.2 Å². The molecular formula is C10H8ClF3O. The van der Waals surface area contributed by atoms with E-state index in [4.69, 9.17) is 16.7 Å². The van der Waals surface area contributed by atoms with Crippen molar-refractivity contribution in [3.63, 3.8) is 0 Å². The third-order valence-corrected chi connectivity index (χ3v) is 2.03. The molecule has 0 aliphatic rings. The van der Waals surface area contributed by atoms with Crippen molar-refractivity contribution >= 4 is 17.7 Å². The van der Waals surface area contributed by atoms with E-state index in [1.807, 2.05) is 0 Å². The lowest BCUT2D eigenvalue weighted by Crippen LogP contribution is -2.05. The topological polar surface area (TPSA) is 20.2 Å². The summed E-state index contributed by atoms with van der Waals surface area (Å²) in [6.07, 6.45) is -1.53. The largest absolute Gasteiger partial charge is 0.417 e. The Morgan fingerprint density at radius 2 is 2.00 bits per heavy atom. The van der Waals surface area contributed by atoms with Gasteiger partial charge in [-0.1, -0.05) is 29.8 Å². The molecule has 0 heterocycles. The molecule has 0 radical (unpaired) electrons. The molecule has 0 aliphatic carbocycles. The van der Waals surface area contributed by atoms with Crippen LogP contribution in [0.5, 0.6) is 0 Å². The Morgan fingerprint density at radius 1 is 1.33 bits per heavy atom. The van der Waals surface area contributed by atoms with Crippen molar-refractivity contribution in [3.8, 4) is 0 Å². The van der Waals surface area contributed by atoms with Crippen molar-refractivity contribution in [2.75, 3.05) is 6.61 Å². The van der Waals surface area contributed by atoms with Crippen molar-refractivity contribution in [1.82, 2.24) is 0 Å². The Morgan fingerprint density at radius 3 is 2.47 bits per heavy atom. The fraction of sp³-hybridized carbons (Fsp3) is 0.200. The number of aliphatic hydroxyl groups is 1. The number of rotatable bonds is 2. The summed E-state index contributed by atoms with van der Waals surface area (Å²) < 4.78 is 36.9. The Hall–Kier alpha value is -1.00. The fourth-order valence-electron chi connectivity index (χ4n) is 1.05. The van der Waals surface area contributed by atoms with E-state index in [1.165, 1.54) is 24.3 Å². The highest BCUT2D eigenvalue weighted by Crippen LogP contribution is 2.35. The maximum Gasteiger partial charge on any atom is 0.417 e. The van der Waals surface area contributed by atoms with E-state index in [2.05, 4.69) is 0 Å². The first kappa shape index (κ1) is 12.1. The molecule has 15 heavy (non-hydrogen) atoms. The minimum atomic E-state index is -4.43. The average molecular weight is 237 g/mol. The zero-order valence-corrected chi connectivity index (χ0v) is 8.31. The summed E-state index contributed by atoms with van der Waals surface area (Å²) in [6.45, 7) is -0.168. The second kappa shape index (κ2) is 4.68. The molecule has 0 aliphatic heterocycles. The van der Waals surface area contributed by atoms with Crippen molar-refractivity contribution in [2.24, 2.45) is 0 Å². The van der Waals surface area contributed by atoms with Crippen molar-refractivity contribution in [3.05, 3.63) is 40.4 Å². The highest BCUT2D eigenvalue weighted by atomic mass is 35.5. The number of alkyl halides is 3. The Labute approximate surface area is 89.8 Å². The fourth-order valence-corrected chi connectivity index (χ4v) is 1.35. The molecule has 1 rings (SSSR count). The van der Waals surface area contributed by atoms with Gasteiger partial charge in [0, 0.05) is 0 Å². The maximum atomic E-state index is 12.3. The molecular weight excluding hydrogens is 229 g/mol. The van der Waals surface area contributed by atoms with Gasteiger partial charge in [-0.15, -0.1) is 0 Å². The summed E-state index contributed by atoms with van der Waals surface area (Å²) >= 11 is 5.48. The third-order valence-electron chi connectivity index (χ3n) is 1.71. The van der Waals surface area contributed by atoms with Gasteiger partial charge in [-0.05, 0) is 17.7 Å². The van der Waals surface area contributed by atoms with Crippen LogP contribution in [-0.4, -0.2) is 11.7 Å². The minimum absolute atomic E-state index is 0.168. The lowest BCUT2D eigenvalue weighted by Gasteiger charge is -2.08. The molecule has 1 aromatic carbocycles. The number of benzene rings is 1. The van der Waals surface area contributed by atoms with E-state index < -0.39 is 11.7 Å². The van der Waals surface area contributed by atoms with Gasteiger partial charge in [0.1, 0.15) is 0 Å². The standard InChI is InChI=1S/C10H8ClF3O/c11-9-6-7(2-1-5-15)3-4-8(9)10(12,13)14/h1-4,6,15H,5H2. The lowest BCUT2D eigenvalue weighted by molar-refractivity contribution is -0.137. The molecule has 0 bridgehead atoms. The van der Waals surface area contributed by atoms with Gasteiger partial charge >= 0.3 is 6.18 Å². The molecule has 1 N–H and O–H groups in total. The molecule has 0 unspecified atom stereocenters. The molecule has 0 saturated heterocycles. The van der Waals surface area contributed by atoms with Gasteiger partial charge in [0.2, 0.25) is 0 Å². The van der Waals surface area contributed by atoms with Crippen LogP contribution in [0.25, 0.3) is 6.08 Å².